The van der Waals surface area contributed by atoms with Crippen LogP contribution in [0.5, 0.6) is 0 Å². The van der Waals surface area contributed by atoms with Crippen molar-refractivity contribution in [2.75, 3.05) is 0 Å². The molecule has 0 aliphatic rings. The summed E-state index contributed by atoms with van der Waals surface area (Å²) in [6.45, 7) is 6.38. The van der Waals surface area contributed by atoms with Crippen molar-refractivity contribution in [2.45, 2.75) is 26.2 Å². The first-order chi connectivity index (χ1) is 7.88. The Bertz CT molecular complexity index is 582. The number of aromatic nitrogens is 1. The van der Waals surface area contributed by atoms with Crippen LogP contribution in [-0.2, 0) is 5.41 Å². The molecular weight excluding hydrogens is 214 g/mol. The summed E-state index contributed by atoms with van der Waals surface area (Å²) in [5.74, 6) is -0.944. The second-order valence-corrected chi connectivity index (χ2v) is 5.19. The Labute approximate surface area is 100 Å². The number of hydrogen-bond donors (Lipinski definition) is 1. The van der Waals surface area contributed by atoms with Gasteiger partial charge in [0.2, 0.25) is 0 Å². The van der Waals surface area contributed by atoms with Crippen molar-refractivity contribution in [1.82, 2.24) is 4.98 Å². The molecule has 17 heavy (non-hydrogen) atoms. The molecule has 0 saturated heterocycles. The summed E-state index contributed by atoms with van der Waals surface area (Å²) < 4.78 is 0. The summed E-state index contributed by atoms with van der Waals surface area (Å²) in [5, 5.41) is 9.81. The lowest BCUT2D eigenvalue weighted by Crippen LogP contribution is -2.10. The number of rotatable bonds is 1. The number of nitrogens with zero attached hydrogens (tertiary/aromatic N) is 1. The molecule has 0 aliphatic heterocycles. The fraction of sp³-hybridized carbons (Fsp3) is 0.286. The predicted molar refractivity (Wildman–Crippen MR) is 67.4 cm³/mol. The lowest BCUT2D eigenvalue weighted by Gasteiger charge is -2.19. The average Bonchev–Trinajstić information content (AvgIpc) is 2.26. The standard InChI is InChI=1S/C14H15NO2/c1-14(2,3)11-4-5-12-9(7-11)6-10(8-15-12)13(16)17/h4-8H,1-3H3,(H,16,17). The molecule has 0 spiro atoms. The molecule has 0 fully saturated rings. The predicted octanol–water partition coefficient (Wildman–Crippen LogP) is 3.23. The monoisotopic (exact) mass is 229 g/mol. The van der Waals surface area contributed by atoms with E-state index in [-0.39, 0.29) is 11.0 Å². The van der Waals surface area contributed by atoms with Crippen molar-refractivity contribution in [3.63, 3.8) is 0 Å². The number of fused-ring (bicyclic) bond motifs is 1. The quantitative estimate of drug-likeness (QED) is 0.816. The molecule has 0 atom stereocenters. The number of carboxylic acids is 1. The number of carbonyl (C=O) groups is 1. The molecule has 0 aliphatic carbocycles. The van der Waals surface area contributed by atoms with E-state index in [0.717, 1.165) is 10.9 Å². The zero-order chi connectivity index (χ0) is 12.6. The number of aromatic carboxylic acids is 1. The average molecular weight is 229 g/mol. The fourth-order valence-electron chi connectivity index (χ4n) is 1.72. The Morgan fingerprint density at radius 3 is 2.53 bits per heavy atom. The van der Waals surface area contributed by atoms with Crippen LogP contribution < -0.4 is 0 Å². The van der Waals surface area contributed by atoms with Crippen molar-refractivity contribution < 1.29 is 9.90 Å². The first kappa shape index (κ1) is 11.6. The lowest BCUT2D eigenvalue weighted by atomic mass is 9.86. The summed E-state index contributed by atoms with van der Waals surface area (Å²) in [5.41, 5.74) is 2.27. The number of pyridine rings is 1. The van der Waals surface area contributed by atoms with Crippen LogP contribution in [-0.4, -0.2) is 16.1 Å². The van der Waals surface area contributed by atoms with Gasteiger partial charge < -0.3 is 5.11 Å². The third-order valence-corrected chi connectivity index (χ3v) is 2.79. The summed E-state index contributed by atoms with van der Waals surface area (Å²) in [4.78, 5) is 15.0. The van der Waals surface area contributed by atoms with E-state index >= 15 is 0 Å². The molecule has 1 aromatic heterocycles. The molecule has 2 aromatic rings. The molecule has 0 amide bonds. The van der Waals surface area contributed by atoms with Crippen LogP contribution in [0.4, 0.5) is 0 Å². The zero-order valence-corrected chi connectivity index (χ0v) is 10.2. The molecule has 1 heterocycles. The van der Waals surface area contributed by atoms with Gasteiger partial charge in [0.05, 0.1) is 11.1 Å². The van der Waals surface area contributed by atoms with E-state index in [0.29, 0.717) is 0 Å². The molecule has 3 nitrogen and oxygen atoms in total. The molecule has 0 saturated carbocycles. The SMILES string of the molecule is CC(C)(C)c1ccc2ncc(C(=O)O)cc2c1. The van der Waals surface area contributed by atoms with Gasteiger partial charge >= 0.3 is 5.97 Å². The van der Waals surface area contributed by atoms with E-state index in [1.54, 1.807) is 6.07 Å². The van der Waals surface area contributed by atoms with Crippen LogP contribution in [0.2, 0.25) is 0 Å². The number of carboxylic acid groups (broad SMARTS) is 1. The third kappa shape index (κ3) is 2.28. The van der Waals surface area contributed by atoms with Crippen LogP contribution in [0.25, 0.3) is 10.9 Å². The molecular formula is C14H15NO2. The lowest BCUT2D eigenvalue weighted by molar-refractivity contribution is 0.0696. The fourth-order valence-corrected chi connectivity index (χ4v) is 1.72. The van der Waals surface area contributed by atoms with Gasteiger partial charge in [0.25, 0.3) is 0 Å². The van der Waals surface area contributed by atoms with Crippen molar-refractivity contribution in [3.05, 3.63) is 41.6 Å². The maximum absolute atomic E-state index is 10.9. The second kappa shape index (κ2) is 3.84. The maximum Gasteiger partial charge on any atom is 0.337 e. The maximum atomic E-state index is 10.9. The van der Waals surface area contributed by atoms with Gasteiger partial charge in [0.15, 0.2) is 0 Å². The van der Waals surface area contributed by atoms with Crippen molar-refractivity contribution >= 4 is 16.9 Å². The molecule has 0 bridgehead atoms. The van der Waals surface area contributed by atoms with Crippen LogP contribution in [0, 0.1) is 0 Å². The van der Waals surface area contributed by atoms with Gasteiger partial charge in [-0.1, -0.05) is 26.8 Å². The highest BCUT2D eigenvalue weighted by molar-refractivity contribution is 5.92. The van der Waals surface area contributed by atoms with E-state index < -0.39 is 5.97 Å². The van der Waals surface area contributed by atoms with Gasteiger partial charge in [0, 0.05) is 11.6 Å². The van der Waals surface area contributed by atoms with Crippen LogP contribution in [0.3, 0.4) is 0 Å². The Morgan fingerprint density at radius 2 is 1.94 bits per heavy atom. The zero-order valence-electron chi connectivity index (χ0n) is 10.2. The molecule has 0 radical (unpaired) electrons. The highest BCUT2D eigenvalue weighted by atomic mass is 16.4. The van der Waals surface area contributed by atoms with Gasteiger partial charge in [-0.25, -0.2) is 4.79 Å². The van der Waals surface area contributed by atoms with Gasteiger partial charge in [-0.15, -0.1) is 0 Å². The van der Waals surface area contributed by atoms with E-state index in [4.69, 9.17) is 5.11 Å². The molecule has 0 unspecified atom stereocenters. The molecule has 2 rings (SSSR count). The van der Waals surface area contributed by atoms with Crippen molar-refractivity contribution in [3.8, 4) is 0 Å². The smallest absolute Gasteiger partial charge is 0.337 e. The van der Waals surface area contributed by atoms with Crippen LogP contribution >= 0.6 is 0 Å². The van der Waals surface area contributed by atoms with E-state index in [1.807, 2.05) is 18.2 Å². The van der Waals surface area contributed by atoms with Crippen molar-refractivity contribution in [2.24, 2.45) is 0 Å². The van der Waals surface area contributed by atoms with Crippen LogP contribution in [0.1, 0.15) is 36.7 Å². The summed E-state index contributed by atoms with van der Waals surface area (Å²) in [6, 6.07) is 7.64. The summed E-state index contributed by atoms with van der Waals surface area (Å²) in [6.07, 6.45) is 1.39. The highest BCUT2D eigenvalue weighted by Crippen LogP contribution is 2.25. The van der Waals surface area contributed by atoms with E-state index in [1.165, 1.54) is 11.8 Å². The largest absolute Gasteiger partial charge is 0.478 e. The Kier molecular flexibility index (Phi) is 2.62. The normalized spacial score (nSPS) is 11.7. The van der Waals surface area contributed by atoms with Gasteiger partial charge in [-0.2, -0.15) is 0 Å². The highest BCUT2D eigenvalue weighted by Gasteiger charge is 2.14. The first-order valence-electron chi connectivity index (χ1n) is 5.51. The Hall–Kier alpha value is -1.90. The Morgan fingerprint density at radius 1 is 1.24 bits per heavy atom. The summed E-state index contributed by atoms with van der Waals surface area (Å²) >= 11 is 0. The topological polar surface area (TPSA) is 50.2 Å². The molecule has 88 valence electrons. The minimum Gasteiger partial charge on any atom is -0.478 e. The van der Waals surface area contributed by atoms with Gasteiger partial charge in [-0.3, -0.25) is 4.98 Å². The molecule has 1 aromatic carbocycles. The Balaban J connectivity index is 2.62. The van der Waals surface area contributed by atoms with E-state index in [2.05, 4.69) is 25.8 Å². The minimum absolute atomic E-state index is 0.0490. The first-order valence-corrected chi connectivity index (χ1v) is 5.51. The minimum atomic E-state index is -0.944. The number of hydrogen-bond acceptors (Lipinski definition) is 2. The van der Waals surface area contributed by atoms with Gasteiger partial charge in [0.1, 0.15) is 0 Å². The second-order valence-electron chi connectivity index (χ2n) is 5.19. The summed E-state index contributed by atoms with van der Waals surface area (Å²) in [7, 11) is 0. The van der Waals surface area contributed by atoms with E-state index in [9.17, 15) is 4.79 Å². The third-order valence-electron chi connectivity index (χ3n) is 2.79. The number of benzene rings is 1. The molecule has 3 heteroatoms. The van der Waals surface area contributed by atoms with Crippen LogP contribution in [0.15, 0.2) is 30.5 Å². The molecule has 1 N–H and O–H groups in total. The van der Waals surface area contributed by atoms with Crippen molar-refractivity contribution in [1.29, 1.82) is 0 Å². The van der Waals surface area contributed by atoms with Gasteiger partial charge in [-0.05, 0) is 29.2 Å².